The Labute approximate surface area is 119 Å². The van der Waals surface area contributed by atoms with Crippen LogP contribution in [0.3, 0.4) is 0 Å². The summed E-state index contributed by atoms with van der Waals surface area (Å²) in [4.78, 5) is 1.42. The van der Waals surface area contributed by atoms with Crippen molar-refractivity contribution in [3.8, 4) is 0 Å². The second-order valence-electron chi connectivity index (χ2n) is 5.43. The summed E-state index contributed by atoms with van der Waals surface area (Å²) < 4.78 is 0. The van der Waals surface area contributed by atoms with E-state index >= 15 is 0 Å². The Morgan fingerprint density at radius 1 is 1.16 bits per heavy atom. The molecule has 2 rings (SSSR count). The van der Waals surface area contributed by atoms with Crippen LogP contribution in [0.5, 0.6) is 0 Å². The van der Waals surface area contributed by atoms with Gasteiger partial charge < -0.3 is 0 Å². The predicted octanol–water partition coefficient (Wildman–Crippen LogP) is 3.49. The zero-order valence-electron chi connectivity index (χ0n) is 11.6. The van der Waals surface area contributed by atoms with E-state index in [2.05, 4.69) is 67.1 Å². The minimum absolute atomic E-state index is 0.0211. The van der Waals surface area contributed by atoms with E-state index < -0.39 is 0 Å². The number of benzene rings is 1. The molecule has 1 unspecified atom stereocenters. The number of thiophene rings is 1. The Balaban J connectivity index is 2.07. The normalized spacial score (nSPS) is 13.4. The lowest BCUT2D eigenvalue weighted by Gasteiger charge is -2.34. The van der Waals surface area contributed by atoms with Crippen molar-refractivity contribution in [3.63, 3.8) is 0 Å². The summed E-state index contributed by atoms with van der Waals surface area (Å²) >= 11 is 1.81. The van der Waals surface area contributed by atoms with Gasteiger partial charge in [0.25, 0.3) is 0 Å². The summed E-state index contributed by atoms with van der Waals surface area (Å²) in [6.07, 6.45) is 2.11. The fourth-order valence-corrected chi connectivity index (χ4v) is 3.19. The first kappa shape index (κ1) is 14.3. The highest BCUT2D eigenvalue weighted by molar-refractivity contribution is 7.09. The van der Waals surface area contributed by atoms with Crippen molar-refractivity contribution in [2.75, 3.05) is 0 Å². The van der Waals surface area contributed by atoms with Gasteiger partial charge in [-0.2, -0.15) is 0 Å². The quantitative estimate of drug-likeness (QED) is 0.625. The summed E-state index contributed by atoms with van der Waals surface area (Å²) in [6.45, 7) is 4.50. The average Bonchev–Trinajstić information content (AvgIpc) is 2.93. The topological polar surface area (TPSA) is 38.0 Å². The Kier molecular flexibility index (Phi) is 4.75. The number of hydrogen-bond acceptors (Lipinski definition) is 3. The minimum Gasteiger partial charge on any atom is -0.271 e. The molecule has 0 aliphatic rings. The molecule has 3 heteroatoms. The maximum atomic E-state index is 5.79. The molecule has 19 heavy (non-hydrogen) atoms. The van der Waals surface area contributed by atoms with Crippen LogP contribution in [0.25, 0.3) is 0 Å². The summed E-state index contributed by atoms with van der Waals surface area (Å²) in [5.41, 5.74) is 4.35. The molecule has 0 amide bonds. The first-order chi connectivity index (χ1) is 9.14. The van der Waals surface area contributed by atoms with Crippen LogP contribution >= 0.6 is 11.3 Å². The van der Waals surface area contributed by atoms with Gasteiger partial charge in [0, 0.05) is 16.3 Å². The van der Waals surface area contributed by atoms with Crippen molar-refractivity contribution in [1.82, 2.24) is 5.43 Å². The van der Waals surface area contributed by atoms with E-state index in [-0.39, 0.29) is 11.5 Å². The summed E-state index contributed by atoms with van der Waals surface area (Å²) in [6, 6.07) is 15.1. The first-order valence-electron chi connectivity index (χ1n) is 6.68. The molecule has 0 spiro atoms. The molecule has 0 aliphatic heterocycles. The predicted molar refractivity (Wildman–Crippen MR) is 83.2 cm³/mol. The van der Waals surface area contributed by atoms with E-state index in [1.807, 2.05) is 11.3 Å². The third kappa shape index (κ3) is 3.44. The van der Waals surface area contributed by atoms with Gasteiger partial charge in [0.2, 0.25) is 0 Å². The van der Waals surface area contributed by atoms with Crippen molar-refractivity contribution in [3.05, 3.63) is 58.3 Å². The van der Waals surface area contributed by atoms with E-state index in [0.717, 1.165) is 12.8 Å². The summed E-state index contributed by atoms with van der Waals surface area (Å²) in [5.74, 6) is 5.79. The summed E-state index contributed by atoms with van der Waals surface area (Å²) in [5, 5.41) is 2.13. The van der Waals surface area contributed by atoms with Crippen LogP contribution in [0.15, 0.2) is 47.8 Å². The first-order valence-corrected chi connectivity index (χ1v) is 7.56. The Hall–Kier alpha value is -1.16. The average molecular weight is 274 g/mol. The van der Waals surface area contributed by atoms with Crippen molar-refractivity contribution >= 4 is 11.3 Å². The number of nitrogens with one attached hydrogen (secondary N) is 1. The molecule has 0 aliphatic carbocycles. The molecular weight excluding hydrogens is 252 g/mol. The lowest BCUT2D eigenvalue weighted by molar-refractivity contribution is 0.327. The van der Waals surface area contributed by atoms with Gasteiger partial charge in [0.15, 0.2) is 0 Å². The van der Waals surface area contributed by atoms with E-state index in [0.29, 0.717) is 0 Å². The minimum atomic E-state index is 0.0211. The van der Waals surface area contributed by atoms with Crippen molar-refractivity contribution < 1.29 is 0 Å². The van der Waals surface area contributed by atoms with Crippen molar-refractivity contribution in [2.24, 2.45) is 5.84 Å². The molecule has 2 aromatic rings. The molecule has 1 heterocycles. The standard InChI is InChI=1S/C16H22N2S/c1-16(2,13-7-4-3-5-8-13)15(18-17)11-10-14-9-6-12-19-14/h3-9,12,15,18H,10-11,17H2,1-2H3. The fourth-order valence-electron chi connectivity index (χ4n) is 2.46. The van der Waals surface area contributed by atoms with Crippen LogP contribution in [0.1, 0.15) is 30.7 Å². The van der Waals surface area contributed by atoms with Crippen LogP contribution in [-0.4, -0.2) is 6.04 Å². The molecule has 3 N–H and O–H groups in total. The third-order valence-corrected chi connectivity index (χ3v) is 4.79. The van der Waals surface area contributed by atoms with Crippen LogP contribution < -0.4 is 11.3 Å². The second kappa shape index (κ2) is 6.33. The smallest absolute Gasteiger partial charge is 0.0305 e. The molecule has 1 aromatic heterocycles. The molecule has 1 atom stereocenters. The van der Waals surface area contributed by atoms with Crippen LogP contribution in [0.2, 0.25) is 0 Å². The van der Waals surface area contributed by atoms with Gasteiger partial charge in [0.1, 0.15) is 0 Å². The van der Waals surface area contributed by atoms with Crippen LogP contribution in [-0.2, 0) is 11.8 Å². The molecule has 2 nitrogen and oxygen atoms in total. The largest absolute Gasteiger partial charge is 0.271 e. The van der Waals surface area contributed by atoms with Gasteiger partial charge in [-0.15, -0.1) is 11.3 Å². The van der Waals surface area contributed by atoms with Gasteiger partial charge in [-0.05, 0) is 29.9 Å². The molecule has 0 saturated heterocycles. The lowest BCUT2D eigenvalue weighted by atomic mass is 9.76. The number of hydrazine groups is 1. The van der Waals surface area contributed by atoms with Gasteiger partial charge in [-0.25, -0.2) is 0 Å². The van der Waals surface area contributed by atoms with Gasteiger partial charge in [0.05, 0.1) is 0 Å². The van der Waals surface area contributed by atoms with Gasteiger partial charge in [-0.1, -0.05) is 50.2 Å². The molecule has 0 bridgehead atoms. The zero-order valence-corrected chi connectivity index (χ0v) is 12.4. The molecule has 0 saturated carbocycles. The molecule has 1 aromatic carbocycles. The van der Waals surface area contributed by atoms with Crippen molar-refractivity contribution in [1.29, 1.82) is 0 Å². The van der Waals surface area contributed by atoms with E-state index in [1.165, 1.54) is 10.4 Å². The number of aryl methyl sites for hydroxylation is 1. The van der Waals surface area contributed by atoms with Crippen molar-refractivity contribution in [2.45, 2.75) is 38.1 Å². The number of rotatable bonds is 6. The highest BCUT2D eigenvalue weighted by atomic mass is 32.1. The third-order valence-electron chi connectivity index (χ3n) is 3.85. The number of hydrogen-bond donors (Lipinski definition) is 2. The molecule has 0 fully saturated rings. The van der Waals surface area contributed by atoms with Gasteiger partial charge in [-0.3, -0.25) is 11.3 Å². The number of nitrogens with two attached hydrogens (primary N) is 1. The zero-order chi connectivity index (χ0) is 13.7. The molecule has 102 valence electrons. The maximum Gasteiger partial charge on any atom is 0.0305 e. The Bertz CT molecular complexity index is 477. The summed E-state index contributed by atoms with van der Waals surface area (Å²) in [7, 11) is 0. The maximum absolute atomic E-state index is 5.79. The highest BCUT2D eigenvalue weighted by Gasteiger charge is 2.30. The van der Waals surface area contributed by atoms with E-state index in [4.69, 9.17) is 5.84 Å². The van der Waals surface area contributed by atoms with E-state index in [9.17, 15) is 0 Å². The van der Waals surface area contributed by atoms with Crippen LogP contribution in [0, 0.1) is 0 Å². The second-order valence-corrected chi connectivity index (χ2v) is 6.46. The highest BCUT2D eigenvalue weighted by Crippen LogP contribution is 2.29. The lowest BCUT2D eigenvalue weighted by Crippen LogP contribution is -2.48. The fraction of sp³-hybridized carbons (Fsp3) is 0.375. The molecule has 0 radical (unpaired) electrons. The Morgan fingerprint density at radius 3 is 2.47 bits per heavy atom. The molecular formula is C16H22N2S. The van der Waals surface area contributed by atoms with E-state index in [1.54, 1.807) is 0 Å². The Morgan fingerprint density at radius 2 is 1.89 bits per heavy atom. The van der Waals surface area contributed by atoms with Crippen LogP contribution in [0.4, 0.5) is 0 Å². The monoisotopic (exact) mass is 274 g/mol. The SMILES string of the molecule is CC(C)(c1ccccc1)C(CCc1cccs1)NN. The van der Waals surface area contributed by atoms with Gasteiger partial charge >= 0.3 is 0 Å².